The summed E-state index contributed by atoms with van der Waals surface area (Å²) in [5.74, 6) is 1.08. The number of hydrogen-bond acceptors (Lipinski definition) is 3. The zero-order valence-electron chi connectivity index (χ0n) is 10.9. The summed E-state index contributed by atoms with van der Waals surface area (Å²) in [6.07, 6.45) is 3.76. The van der Waals surface area contributed by atoms with Gasteiger partial charge in [-0.25, -0.2) is 4.98 Å². The molecule has 0 spiro atoms. The molecule has 0 radical (unpaired) electrons. The van der Waals surface area contributed by atoms with Gasteiger partial charge in [0.15, 0.2) is 5.76 Å². The van der Waals surface area contributed by atoms with E-state index in [1.165, 1.54) is 0 Å². The molecule has 3 rings (SSSR count). The van der Waals surface area contributed by atoms with Crippen LogP contribution in [0, 0.1) is 6.92 Å². The molecule has 0 saturated heterocycles. The van der Waals surface area contributed by atoms with E-state index in [9.17, 15) is 4.79 Å². The molecule has 0 N–H and O–H groups in total. The molecule has 0 bridgehead atoms. The smallest absolute Gasteiger partial charge is 0.205 e. The second-order valence-corrected chi connectivity index (χ2v) is 4.71. The fourth-order valence-electron chi connectivity index (χ4n) is 2.10. The minimum Gasteiger partial charge on any atom is -0.453 e. The van der Waals surface area contributed by atoms with Crippen LogP contribution in [0.5, 0.6) is 0 Å². The number of nitrogens with zero attached hydrogens (tertiary/aromatic N) is 2. The Hall–Kier alpha value is -2.36. The lowest BCUT2D eigenvalue weighted by Gasteiger charge is -1.98. The van der Waals surface area contributed by atoms with Gasteiger partial charge in [-0.15, -0.1) is 0 Å². The van der Waals surface area contributed by atoms with Gasteiger partial charge in [-0.1, -0.05) is 11.6 Å². The van der Waals surface area contributed by atoms with Crippen molar-refractivity contribution in [2.45, 2.75) is 13.3 Å². The summed E-state index contributed by atoms with van der Waals surface area (Å²) in [6.45, 7) is 2.02. The van der Waals surface area contributed by atoms with Gasteiger partial charge in [0.1, 0.15) is 11.4 Å². The molecule has 19 heavy (non-hydrogen) atoms. The number of hydrogen-bond donors (Lipinski definition) is 0. The van der Waals surface area contributed by atoms with E-state index in [1.807, 2.05) is 42.9 Å². The summed E-state index contributed by atoms with van der Waals surface area (Å²) in [5, 5.41) is 0.961. The van der Waals surface area contributed by atoms with Crippen molar-refractivity contribution in [3.05, 3.63) is 53.8 Å². The van der Waals surface area contributed by atoms with Gasteiger partial charge in [0.25, 0.3) is 0 Å². The highest BCUT2D eigenvalue weighted by Crippen LogP contribution is 2.21. The lowest BCUT2D eigenvalue weighted by Crippen LogP contribution is -2.07. The Morgan fingerprint density at radius 3 is 2.95 bits per heavy atom. The first kappa shape index (κ1) is 11.7. The highest BCUT2D eigenvalue weighted by Gasteiger charge is 2.15. The Morgan fingerprint density at radius 1 is 1.37 bits per heavy atom. The van der Waals surface area contributed by atoms with Crippen molar-refractivity contribution in [3.8, 4) is 0 Å². The van der Waals surface area contributed by atoms with Gasteiger partial charge in [-0.3, -0.25) is 4.79 Å². The molecule has 0 unspecified atom stereocenters. The van der Waals surface area contributed by atoms with Crippen LogP contribution in [-0.4, -0.2) is 15.3 Å². The quantitative estimate of drug-likeness (QED) is 0.675. The number of aryl methyl sites for hydroxylation is 2. The van der Waals surface area contributed by atoms with Crippen LogP contribution in [0.25, 0.3) is 11.0 Å². The lowest BCUT2D eigenvalue weighted by molar-refractivity contribution is 0.0965. The van der Waals surface area contributed by atoms with Gasteiger partial charge < -0.3 is 8.98 Å². The molecular formula is C15H14N2O2. The molecule has 4 heteroatoms. The molecule has 0 aliphatic carbocycles. The van der Waals surface area contributed by atoms with Crippen molar-refractivity contribution in [2.75, 3.05) is 0 Å². The Labute approximate surface area is 110 Å². The number of rotatable bonds is 3. The van der Waals surface area contributed by atoms with Crippen LogP contribution >= 0.6 is 0 Å². The SMILES string of the molecule is Cc1ccc2oc(C(=O)Cc3nccn3C)cc2c1. The van der Waals surface area contributed by atoms with Crippen molar-refractivity contribution in [1.82, 2.24) is 9.55 Å². The van der Waals surface area contributed by atoms with E-state index >= 15 is 0 Å². The number of furan rings is 1. The van der Waals surface area contributed by atoms with Crippen LogP contribution in [-0.2, 0) is 13.5 Å². The third kappa shape index (κ3) is 2.17. The summed E-state index contributed by atoms with van der Waals surface area (Å²) in [5.41, 5.74) is 1.89. The zero-order valence-corrected chi connectivity index (χ0v) is 10.9. The average Bonchev–Trinajstić information content (AvgIpc) is 2.96. The second-order valence-electron chi connectivity index (χ2n) is 4.71. The second kappa shape index (κ2) is 4.39. The van der Waals surface area contributed by atoms with Crippen LogP contribution < -0.4 is 0 Å². The van der Waals surface area contributed by atoms with E-state index in [4.69, 9.17) is 4.42 Å². The van der Waals surface area contributed by atoms with Crippen LogP contribution in [0.2, 0.25) is 0 Å². The summed E-state index contributed by atoms with van der Waals surface area (Å²) in [7, 11) is 1.87. The first-order chi connectivity index (χ1) is 9.13. The Bertz CT molecular complexity index is 752. The van der Waals surface area contributed by atoms with E-state index in [2.05, 4.69) is 4.98 Å². The number of fused-ring (bicyclic) bond motifs is 1. The fourth-order valence-corrected chi connectivity index (χ4v) is 2.10. The molecule has 2 aromatic heterocycles. The van der Waals surface area contributed by atoms with Crippen molar-refractivity contribution < 1.29 is 9.21 Å². The van der Waals surface area contributed by atoms with Crippen LogP contribution in [0.1, 0.15) is 21.9 Å². The van der Waals surface area contributed by atoms with Gasteiger partial charge in [0, 0.05) is 24.8 Å². The molecule has 96 valence electrons. The highest BCUT2D eigenvalue weighted by atomic mass is 16.3. The molecule has 3 aromatic rings. The molecular weight excluding hydrogens is 240 g/mol. The predicted molar refractivity (Wildman–Crippen MR) is 72.2 cm³/mol. The van der Waals surface area contributed by atoms with Crippen molar-refractivity contribution in [1.29, 1.82) is 0 Å². The summed E-state index contributed by atoms with van der Waals surface area (Å²) < 4.78 is 7.42. The summed E-state index contributed by atoms with van der Waals surface area (Å²) in [6, 6.07) is 7.67. The minimum absolute atomic E-state index is 0.0526. The molecule has 0 aliphatic heterocycles. The maximum absolute atomic E-state index is 12.2. The number of aromatic nitrogens is 2. The first-order valence-corrected chi connectivity index (χ1v) is 6.13. The molecule has 1 aromatic carbocycles. The Balaban J connectivity index is 1.91. The van der Waals surface area contributed by atoms with E-state index in [0.717, 1.165) is 22.4 Å². The third-order valence-corrected chi connectivity index (χ3v) is 3.19. The predicted octanol–water partition coefficient (Wildman–Crippen LogP) is 2.90. The largest absolute Gasteiger partial charge is 0.453 e. The highest BCUT2D eigenvalue weighted by molar-refractivity contribution is 5.98. The van der Waals surface area contributed by atoms with Crippen LogP contribution in [0.15, 0.2) is 41.1 Å². The van der Waals surface area contributed by atoms with Gasteiger partial charge in [0.05, 0.1) is 6.42 Å². The summed E-state index contributed by atoms with van der Waals surface area (Å²) in [4.78, 5) is 16.3. The molecule has 0 fully saturated rings. The standard InChI is InChI=1S/C15H14N2O2/c1-10-3-4-13-11(7-10)8-14(19-13)12(18)9-15-16-5-6-17(15)2/h3-8H,9H2,1-2H3. The fraction of sp³-hybridized carbons (Fsp3) is 0.200. The van der Waals surface area contributed by atoms with E-state index in [0.29, 0.717) is 5.76 Å². The molecule has 0 saturated carbocycles. The topological polar surface area (TPSA) is 48.0 Å². The molecule has 0 aliphatic rings. The van der Waals surface area contributed by atoms with Gasteiger partial charge in [-0.05, 0) is 25.1 Å². The van der Waals surface area contributed by atoms with Gasteiger partial charge >= 0.3 is 0 Å². The zero-order chi connectivity index (χ0) is 13.4. The number of ketones is 1. The first-order valence-electron chi connectivity index (χ1n) is 6.13. The van der Waals surface area contributed by atoms with E-state index in [1.54, 1.807) is 12.3 Å². The number of benzene rings is 1. The van der Waals surface area contributed by atoms with Crippen molar-refractivity contribution in [2.24, 2.45) is 7.05 Å². The number of imidazole rings is 1. The minimum atomic E-state index is -0.0526. The molecule has 0 amide bonds. The monoisotopic (exact) mass is 254 g/mol. The van der Waals surface area contributed by atoms with Crippen molar-refractivity contribution >= 4 is 16.8 Å². The number of carbonyl (C=O) groups is 1. The van der Waals surface area contributed by atoms with Crippen LogP contribution in [0.3, 0.4) is 0 Å². The third-order valence-electron chi connectivity index (χ3n) is 3.19. The van der Waals surface area contributed by atoms with Crippen molar-refractivity contribution in [3.63, 3.8) is 0 Å². The van der Waals surface area contributed by atoms with Gasteiger partial charge in [-0.2, -0.15) is 0 Å². The maximum Gasteiger partial charge on any atom is 0.205 e. The summed E-state index contributed by atoms with van der Waals surface area (Å²) >= 11 is 0. The Kier molecular flexibility index (Phi) is 2.71. The normalized spacial score (nSPS) is 11.1. The maximum atomic E-state index is 12.2. The van der Waals surface area contributed by atoms with Gasteiger partial charge in [0.2, 0.25) is 5.78 Å². The molecule has 2 heterocycles. The number of carbonyl (C=O) groups excluding carboxylic acids is 1. The average molecular weight is 254 g/mol. The molecule has 4 nitrogen and oxygen atoms in total. The molecule has 0 atom stereocenters. The van der Waals surface area contributed by atoms with E-state index < -0.39 is 0 Å². The Morgan fingerprint density at radius 2 is 2.21 bits per heavy atom. The number of Topliss-reactive ketones (excluding diaryl/α,β-unsaturated/α-hetero) is 1. The van der Waals surface area contributed by atoms with E-state index in [-0.39, 0.29) is 12.2 Å². The van der Waals surface area contributed by atoms with Crippen LogP contribution in [0.4, 0.5) is 0 Å². The lowest BCUT2D eigenvalue weighted by atomic mass is 10.1.